The van der Waals surface area contributed by atoms with E-state index in [1.54, 1.807) is 0 Å². The highest BCUT2D eigenvalue weighted by Gasteiger charge is 2.12. The maximum Gasteiger partial charge on any atom is 0.338 e. The van der Waals surface area contributed by atoms with Crippen LogP contribution in [0.2, 0.25) is 10.0 Å². The Kier molecular flexibility index (Phi) is 6.12. The average molecular weight is 304 g/mol. The number of rotatable bonds is 5. The van der Waals surface area contributed by atoms with E-state index in [-0.39, 0.29) is 24.1 Å². The van der Waals surface area contributed by atoms with Crippen LogP contribution < -0.4 is 5.32 Å². The van der Waals surface area contributed by atoms with E-state index in [9.17, 15) is 9.59 Å². The summed E-state index contributed by atoms with van der Waals surface area (Å²) in [6, 6.07) is 4.42. The minimum absolute atomic E-state index is 0.0480. The summed E-state index contributed by atoms with van der Waals surface area (Å²) >= 11 is 11.5. The van der Waals surface area contributed by atoms with Gasteiger partial charge in [0.15, 0.2) is 6.61 Å². The van der Waals surface area contributed by atoms with Gasteiger partial charge in [0.25, 0.3) is 5.91 Å². The first-order chi connectivity index (χ1) is 8.92. The molecule has 1 atom stereocenters. The summed E-state index contributed by atoms with van der Waals surface area (Å²) in [4.78, 5) is 23.1. The molecule has 0 radical (unpaired) electrons. The highest BCUT2D eigenvalue weighted by atomic mass is 35.5. The maximum absolute atomic E-state index is 11.7. The van der Waals surface area contributed by atoms with Crippen molar-refractivity contribution in [1.29, 1.82) is 0 Å². The fourth-order valence-electron chi connectivity index (χ4n) is 1.30. The number of ether oxygens (including phenoxy) is 1. The Morgan fingerprint density at radius 1 is 1.26 bits per heavy atom. The predicted octanol–water partition coefficient (Wildman–Crippen LogP) is 3.06. The number of carbonyl (C=O) groups excluding carboxylic acids is 2. The van der Waals surface area contributed by atoms with Crippen LogP contribution in [-0.4, -0.2) is 24.5 Å². The van der Waals surface area contributed by atoms with Crippen molar-refractivity contribution < 1.29 is 14.3 Å². The molecule has 0 heterocycles. The molecule has 0 aliphatic carbocycles. The number of nitrogens with one attached hydrogen (secondary N) is 1. The molecule has 0 saturated carbocycles. The Morgan fingerprint density at radius 3 is 2.37 bits per heavy atom. The van der Waals surface area contributed by atoms with Gasteiger partial charge in [0, 0.05) is 16.1 Å². The molecule has 1 amide bonds. The maximum atomic E-state index is 11.7. The molecule has 1 aromatic rings. The Balaban J connectivity index is 2.53. The van der Waals surface area contributed by atoms with Crippen LogP contribution >= 0.6 is 23.2 Å². The van der Waals surface area contributed by atoms with Crippen LogP contribution in [0.15, 0.2) is 18.2 Å². The summed E-state index contributed by atoms with van der Waals surface area (Å²) in [5.74, 6) is -0.973. The first kappa shape index (κ1) is 15.8. The second-order valence-corrected chi connectivity index (χ2v) is 4.98. The van der Waals surface area contributed by atoms with Crippen molar-refractivity contribution in [3.63, 3.8) is 0 Å². The number of hydrogen-bond acceptors (Lipinski definition) is 3. The predicted molar refractivity (Wildman–Crippen MR) is 74.6 cm³/mol. The molecule has 0 saturated heterocycles. The van der Waals surface area contributed by atoms with Crippen molar-refractivity contribution >= 4 is 35.1 Å². The van der Waals surface area contributed by atoms with E-state index >= 15 is 0 Å². The number of benzene rings is 1. The van der Waals surface area contributed by atoms with Crippen LogP contribution in [0.3, 0.4) is 0 Å². The molecular formula is C13H15Cl2NO3. The summed E-state index contributed by atoms with van der Waals surface area (Å²) in [6.45, 7) is 3.49. The standard InChI is InChI=1S/C13H15Cl2NO3/c1-3-8(2)16-12(17)7-19-13(18)9-4-10(14)6-11(15)5-9/h4-6,8H,3,7H2,1-2H3,(H,16,17)/t8-/m0/s1. The molecule has 104 valence electrons. The van der Waals surface area contributed by atoms with Crippen LogP contribution in [0.4, 0.5) is 0 Å². The summed E-state index contributed by atoms with van der Waals surface area (Å²) in [5, 5.41) is 3.36. The van der Waals surface area contributed by atoms with E-state index in [0.29, 0.717) is 10.0 Å². The van der Waals surface area contributed by atoms with Gasteiger partial charge in [-0.2, -0.15) is 0 Å². The molecule has 0 aliphatic rings. The van der Waals surface area contributed by atoms with Crippen molar-refractivity contribution in [3.8, 4) is 0 Å². The lowest BCUT2D eigenvalue weighted by Gasteiger charge is -2.11. The third-order valence-corrected chi connectivity index (χ3v) is 2.89. The minimum atomic E-state index is -0.635. The second kappa shape index (κ2) is 7.36. The Morgan fingerprint density at radius 2 is 1.84 bits per heavy atom. The first-order valence-electron chi connectivity index (χ1n) is 5.85. The fraction of sp³-hybridized carbons (Fsp3) is 0.385. The quantitative estimate of drug-likeness (QED) is 0.851. The third kappa shape index (κ3) is 5.49. The largest absolute Gasteiger partial charge is 0.452 e. The van der Waals surface area contributed by atoms with Gasteiger partial charge in [-0.3, -0.25) is 4.79 Å². The van der Waals surface area contributed by atoms with Crippen molar-refractivity contribution in [1.82, 2.24) is 5.32 Å². The molecule has 6 heteroatoms. The van der Waals surface area contributed by atoms with Crippen molar-refractivity contribution in [2.45, 2.75) is 26.3 Å². The van der Waals surface area contributed by atoms with Crippen molar-refractivity contribution in [2.24, 2.45) is 0 Å². The van der Waals surface area contributed by atoms with Gasteiger partial charge in [-0.15, -0.1) is 0 Å². The number of amides is 1. The Hall–Kier alpha value is -1.26. The van der Waals surface area contributed by atoms with Crippen LogP contribution in [0.5, 0.6) is 0 Å². The van der Waals surface area contributed by atoms with Crippen molar-refractivity contribution in [3.05, 3.63) is 33.8 Å². The molecule has 0 fully saturated rings. The van der Waals surface area contributed by atoms with Gasteiger partial charge >= 0.3 is 5.97 Å². The zero-order valence-electron chi connectivity index (χ0n) is 10.7. The Bertz CT molecular complexity index is 457. The normalized spacial score (nSPS) is 11.8. The summed E-state index contributed by atoms with van der Waals surface area (Å²) in [7, 11) is 0. The molecule has 1 aromatic carbocycles. The topological polar surface area (TPSA) is 55.4 Å². The van der Waals surface area contributed by atoms with Gasteiger partial charge in [-0.25, -0.2) is 4.79 Å². The van der Waals surface area contributed by atoms with E-state index in [0.717, 1.165) is 6.42 Å². The van der Waals surface area contributed by atoms with Crippen LogP contribution in [0, 0.1) is 0 Å². The highest BCUT2D eigenvalue weighted by molar-refractivity contribution is 6.35. The van der Waals surface area contributed by atoms with Gasteiger partial charge in [-0.1, -0.05) is 30.1 Å². The van der Waals surface area contributed by atoms with E-state index < -0.39 is 5.97 Å². The smallest absolute Gasteiger partial charge is 0.338 e. The zero-order chi connectivity index (χ0) is 14.4. The van der Waals surface area contributed by atoms with Gasteiger partial charge in [0.1, 0.15) is 0 Å². The molecule has 0 aliphatic heterocycles. The van der Waals surface area contributed by atoms with E-state index in [1.165, 1.54) is 18.2 Å². The number of hydrogen-bond donors (Lipinski definition) is 1. The summed E-state index contributed by atoms with van der Waals surface area (Å²) in [6.07, 6.45) is 0.809. The highest BCUT2D eigenvalue weighted by Crippen LogP contribution is 2.19. The fourth-order valence-corrected chi connectivity index (χ4v) is 1.83. The SMILES string of the molecule is CC[C@H](C)NC(=O)COC(=O)c1cc(Cl)cc(Cl)c1. The lowest BCUT2D eigenvalue weighted by molar-refractivity contribution is -0.124. The van der Waals surface area contributed by atoms with Crippen molar-refractivity contribution in [2.75, 3.05) is 6.61 Å². The number of carbonyl (C=O) groups is 2. The van der Waals surface area contributed by atoms with Crippen LogP contribution in [0.25, 0.3) is 0 Å². The average Bonchev–Trinajstić information content (AvgIpc) is 2.34. The molecule has 1 N–H and O–H groups in total. The molecular weight excluding hydrogens is 289 g/mol. The first-order valence-corrected chi connectivity index (χ1v) is 6.60. The molecule has 1 rings (SSSR count). The lowest BCUT2D eigenvalue weighted by Crippen LogP contribution is -2.35. The van der Waals surface area contributed by atoms with Gasteiger partial charge in [-0.05, 0) is 31.5 Å². The zero-order valence-corrected chi connectivity index (χ0v) is 12.2. The lowest BCUT2D eigenvalue weighted by atomic mass is 10.2. The Labute approximate surface area is 122 Å². The molecule has 0 bridgehead atoms. The second-order valence-electron chi connectivity index (χ2n) is 4.11. The third-order valence-electron chi connectivity index (χ3n) is 2.45. The van der Waals surface area contributed by atoms with E-state index in [2.05, 4.69) is 5.32 Å². The monoisotopic (exact) mass is 303 g/mol. The van der Waals surface area contributed by atoms with E-state index in [4.69, 9.17) is 27.9 Å². The molecule has 0 aromatic heterocycles. The van der Waals surface area contributed by atoms with Crippen LogP contribution in [-0.2, 0) is 9.53 Å². The molecule has 4 nitrogen and oxygen atoms in total. The molecule has 0 spiro atoms. The van der Waals surface area contributed by atoms with Gasteiger partial charge < -0.3 is 10.1 Å². The van der Waals surface area contributed by atoms with Gasteiger partial charge in [0.2, 0.25) is 0 Å². The van der Waals surface area contributed by atoms with E-state index in [1.807, 2.05) is 13.8 Å². The summed E-state index contributed by atoms with van der Waals surface area (Å²) < 4.78 is 4.88. The summed E-state index contributed by atoms with van der Waals surface area (Å²) in [5.41, 5.74) is 0.217. The van der Waals surface area contributed by atoms with Gasteiger partial charge in [0.05, 0.1) is 5.56 Å². The minimum Gasteiger partial charge on any atom is -0.452 e. The van der Waals surface area contributed by atoms with Crippen LogP contribution in [0.1, 0.15) is 30.6 Å². The molecule has 0 unspecified atom stereocenters. The number of halogens is 2. The number of esters is 1. The molecule has 19 heavy (non-hydrogen) atoms.